The SMILES string of the molecule is CNC(c1ccc(Cl)cc1OC)c1c(Br)nnn1C. The van der Waals surface area contributed by atoms with Crippen LogP contribution in [0.5, 0.6) is 5.75 Å². The number of aromatic nitrogens is 3. The first-order valence-corrected chi connectivity index (χ1v) is 6.81. The molecule has 19 heavy (non-hydrogen) atoms. The second-order valence-corrected chi connectivity index (χ2v) is 5.18. The van der Waals surface area contributed by atoms with Crippen LogP contribution in [0.4, 0.5) is 0 Å². The third-order valence-electron chi connectivity index (χ3n) is 2.90. The number of ether oxygens (including phenoxy) is 1. The van der Waals surface area contributed by atoms with Gasteiger partial charge in [-0.05, 0) is 35.1 Å². The van der Waals surface area contributed by atoms with E-state index in [1.807, 2.05) is 26.2 Å². The molecule has 0 amide bonds. The topological polar surface area (TPSA) is 52.0 Å². The van der Waals surface area contributed by atoms with Gasteiger partial charge in [0.15, 0.2) is 4.60 Å². The first kappa shape index (κ1) is 14.3. The average Bonchev–Trinajstić information content (AvgIpc) is 2.73. The van der Waals surface area contributed by atoms with Crippen LogP contribution in [0.15, 0.2) is 22.8 Å². The molecule has 1 N–H and O–H groups in total. The number of rotatable bonds is 4. The fourth-order valence-electron chi connectivity index (χ4n) is 2.01. The Hall–Kier alpha value is -1.11. The lowest BCUT2D eigenvalue weighted by Crippen LogP contribution is -2.21. The van der Waals surface area contributed by atoms with E-state index in [1.165, 1.54) is 0 Å². The van der Waals surface area contributed by atoms with Crippen molar-refractivity contribution < 1.29 is 4.74 Å². The first-order valence-electron chi connectivity index (χ1n) is 5.64. The molecule has 1 unspecified atom stereocenters. The molecule has 2 rings (SSSR count). The molecule has 1 aromatic carbocycles. The highest BCUT2D eigenvalue weighted by Crippen LogP contribution is 2.33. The highest BCUT2D eigenvalue weighted by atomic mass is 79.9. The molecule has 0 radical (unpaired) electrons. The average molecular weight is 346 g/mol. The minimum atomic E-state index is -0.0957. The van der Waals surface area contributed by atoms with Crippen LogP contribution in [0, 0.1) is 0 Å². The van der Waals surface area contributed by atoms with Crippen LogP contribution in [-0.4, -0.2) is 29.2 Å². The molecule has 0 saturated heterocycles. The van der Waals surface area contributed by atoms with Crippen molar-refractivity contribution in [3.63, 3.8) is 0 Å². The van der Waals surface area contributed by atoms with E-state index in [0.717, 1.165) is 17.0 Å². The molecule has 7 heteroatoms. The molecule has 5 nitrogen and oxygen atoms in total. The minimum Gasteiger partial charge on any atom is -0.496 e. The summed E-state index contributed by atoms with van der Waals surface area (Å²) in [4.78, 5) is 0. The zero-order valence-corrected chi connectivity index (χ0v) is 13.2. The minimum absolute atomic E-state index is 0.0957. The van der Waals surface area contributed by atoms with Crippen molar-refractivity contribution in [2.45, 2.75) is 6.04 Å². The Bertz CT molecular complexity index is 568. The Morgan fingerprint density at radius 3 is 2.74 bits per heavy atom. The molecule has 2 aromatic rings. The highest BCUT2D eigenvalue weighted by Gasteiger charge is 2.23. The van der Waals surface area contributed by atoms with Crippen LogP contribution < -0.4 is 10.1 Å². The number of benzene rings is 1. The molecular formula is C12H14BrClN4O. The van der Waals surface area contributed by atoms with E-state index in [-0.39, 0.29) is 6.04 Å². The smallest absolute Gasteiger partial charge is 0.153 e. The molecule has 1 heterocycles. The van der Waals surface area contributed by atoms with Crippen LogP contribution in [0.1, 0.15) is 17.3 Å². The Kier molecular flexibility index (Phi) is 4.44. The van der Waals surface area contributed by atoms with Gasteiger partial charge >= 0.3 is 0 Å². The summed E-state index contributed by atoms with van der Waals surface area (Å²) in [5, 5.41) is 11.9. The quantitative estimate of drug-likeness (QED) is 0.925. The molecule has 102 valence electrons. The number of nitrogens with zero attached hydrogens (tertiary/aromatic N) is 3. The van der Waals surface area contributed by atoms with Crippen LogP contribution in [0.2, 0.25) is 5.02 Å². The zero-order valence-electron chi connectivity index (χ0n) is 10.8. The van der Waals surface area contributed by atoms with Crippen molar-refractivity contribution in [3.05, 3.63) is 39.1 Å². The first-order chi connectivity index (χ1) is 9.08. The summed E-state index contributed by atoms with van der Waals surface area (Å²) in [6, 6.07) is 5.46. The summed E-state index contributed by atoms with van der Waals surface area (Å²) in [5.74, 6) is 0.722. The van der Waals surface area contributed by atoms with Crippen molar-refractivity contribution in [3.8, 4) is 5.75 Å². The Labute approximate surface area is 125 Å². The van der Waals surface area contributed by atoms with E-state index in [9.17, 15) is 0 Å². The Morgan fingerprint density at radius 1 is 1.47 bits per heavy atom. The van der Waals surface area contributed by atoms with Gasteiger partial charge in [0.25, 0.3) is 0 Å². The summed E-state index contributed by atoms with van der Waals surface area (Å²) in [6.07, 6.45) is 0. The Morgan fingerprint density at radius 2 is 2.21 bits per heavy atom. The molecule has 0 aliphatic rings. The predicted octanol–water partition coefficient (Wildman–Crippen LogP) is 2.55. The van der Waals surface area contributed by atoms with E-state index >= 15 is 0 Å². The lowest BCUT2D eigenvalue weighted by atomic mass is 10.0. The van der Waals surface area contributed by atoms with Gasteiger partial charge < -0.3 is 10.1 Å². The van der Waals surface area contributed by atoms with Crippen LogP contribution in [0.3, 0.4) is 0 Å². The zero-order chi connectivity index (χ0) is 14.0. The molecule has 0 fully saturated rings. The van der Waals surface area contributed by atoms with Crippen LogP contribution in [-0.2, 0) is 7.05 Å². The summed E-state index contributed by atoms with van der Waals surface area (Å²) in [6.45, 7) is 0. The maximum Gasteiger partial charge on any atom is 0.153 e. The van der Waals surface area contributed by atoms with Gasteiger partial charge in [0.2, 0.25) is 0 Å². The highest BCUT2D eigenvalue weighted by molar-refractivity contribution is 9.10. The van der Waals surface area contributed by atoms with Crippen molar-refractivity contribution in [2.24, 2.45) is 7.05 Å². The van der Waals surface area contributed by atoms with Gasteiger partial charge in [-0.25, -0.2) is 4.68 Å². The molecule has 1 atom stereocenters. The van der Waals surface area contributed by atoms with Gasteiger partial charge in [-0.3, -0.25) is 0 Å². The van der Waals surface area contributed by atoms with Crippen LogP contribution in [0.25, 0.3) is 0 Å². The largest absolute Gasteiger partial charge is 0.496 e. The molecule has 0 aliphatic heterocycles. The van der Waals surface area contributed by atoms with E-state index < -0.39 is 0 Å². The summed E-state index contributed by atoms with van der Waals surface area (Å²) in [5.41, 5.74) is 1.89. The number of halogens is 2. The van der Waals surface area contributed by atoms with E-state index in [2.05, 4.69) is 31.6 Å². The van der Waals surface area contributed by atoms with Gasteiger partial charge in [0.1, 0.15) is 5.75 Å². The number of aryl methyl sites for hydroxylation is 1. The standard InChI is InChI=1S/C12H14BrClN4O/c1-15-10(11-12(13)16-17-18(11)2)8-5-4-7(14)6-9(8)19-3/h4-6,10,15H,1-3H3. The second-order valence-electron chi connectivity index (χ2n) is 4.00. The van der Waals surface area contributed by atoms with E-state index in [4.69, 9.17) is 16.3 Å². The molecule has 1 aromatic heterocycles. The van der Waals surface area contributed by atoms with Gasteiger partial charge in [-0.2, -0.15) is 0 Å². The van der Waals surface area contributed by atoms with Crippen molar-refractivity contribution in [1.29, 1.82) is 0 Å². The molecule has 0 spiro atoms. The predicted molar refractivity (Wildman–Crippen MR) is 77.6 cm³/mol. The van der Waals surface area contributed by atoms with Crippen molar-refractivity contribution in [1.82, 2.24) is 20.3 Å². The lowest BCUT2D eigenvalue weighted by molar-refractivity contribution is 0.404. The van der Waals surface area contributed by atoms with Crippen molar-refractivity contribution in [2.75, 3.05) is 14.2 Å². The van der Waals surface area contributed by atoms with Crippen LogP contribution >= 0.6 is 27.5 Å². The molecular weight excluding hydrogens is 332 g/mol. The Balaban J connectivity index is 2.54. The monoisotopic (exact) mass is 344 g/mol. The summed E-state index contributed by atoms with van der Waals surface area (Å²) < 4.78 is 7.82. The van der Waals surface area contributed by atoms with E-state index in [1.54, 1.807) is 17.9 Å². The fraction of sp³-hybridized carbons (Fsp3) is 0.333. The maximum absolute atomic E-state index is 5.99. The fourth-order valence-corrected chi connectivity index (χ4v) is 2.73. The van der Waals surface area contributed by atoms with Gasteiger partial charge in [-0.15, -0.1) is 5.10 Å². The summed E-state index contributed by atoms with van der Waals surface area (Å²) in [7, 11) is 5.34. The molecule has 0 aliphatic carbocycles. The lowest BCUT2D eigenvalue weighted by Gasteiger charge is -2.19. The second kappa shape index (κ2) is 5.90. The number of hydrogen-bond acceptors (Lipinski definition) is 4. The number of nitrogens with one attached hydrogen (secondary N) is 1. The van der Waals surface area contributed by atoms with Gasteiger partial charge in [-0.1, -0.05) is 22.9 Å². The van der Waals surface area contributed by atoms with Gasteiger partial charge in [0, 0.05) is 17.6 Å². The molecule has 0 bridgehead atoms. The van der Waals surface area contributed by atoms with Gasteiger partial charge in [0.05, 0.1) is 18.8 Å². The number of hydrogen-bond donors (Lipinski definition) is 1. The normalized spacial score (nSPS) is 12.5. The van der Waals surface area contributed by atoms with Crippen molar-refractivity contribution >= 4 is 27.5 Å². The number of methoxy groups -OCH3 is 1. The van der Waals surface area contributed by atoms with E-state index in [0.29, 0.717) is 9.63 Å². The third-order valence-corrected chi connectivity index (χ3v) is 3.70. The molecule has 0 saturated carbocycles. The maximum atomic E-state index is 5.99. The third kappa shape index (κ3) is 2.75. The summed E-state index contributed by atoms with van der Waals surface area (Å²) >= 11 is 9.41.